The monoisotopic (exact) mass is 591 g/mol. The first-order valence-corrected chi connectivity index (χ1v) is 12.6. The minimum absolute atomic E-state index is 0.165. The summed E-state index contributed by atoms with van der Waals surface area (Å²) in [7, 11) is 0. The number of carboxylic acids is 1. The maximum atomic E-state index is 13.5. The number of benzene rings is 1. The summed E-state index contributed by atoms with van der Waals surface area (Å²) in [6.45, 7) is 8.76. The lowest BCUT2D eigenvalue weighted by Crippen LogP contribution is -2.42. The van der Waals surface area contributed by atoms with Crippen LogP contribution in [0, 0.1) is 12.7 Å². The van der Waals surface area contributed by atoms with Crippen LogP contribution in [0.4, 0.5) is 17.6 Å². The second kappa shape index (κ2) is 12.1. The standard InChI is InChI=1S/C26H28FN5O3.C2HF3O2/c1-14(2)20-19(24(33)29-22(26(4,5)35)16-8-10-18(27)11-9-16)13-32-21(20)25(34)30-23(31-32)17-7-6-15(3)28-12-17;3-2(4,5)1(6)7/h6-14,22,35H,1-5H3,(H,29,33)(H,30,31,34);(H,6,7)/t22-;/m0./s1. The molecule has 0 bridgehead atoms. The van der Waals surface area contributed by atoms with Crippen molar-refractivity contribution in [3.05, 3.63) is 87.3 Å². The van der Waals surface area contributed by atoms with E-state index in [2.05, 4.69) is 20.4 Å². The van der Waals surface area contributed by atoms with E-state index in [0.717, 1.165) is 5.69 Å². The van der Waals surface area contributed by atoms with Crippen molar-refractivity contribution in [2.24, 2.45) is 0 Å². The van der Waals surface area contributed by atoms with Gasteiger partial charge in [0.2, 0.25) is 0 Å². The minimum Gasteiger partial charge on any atom is -0.475 e. The van der Waals surface area contributed by atoms with Crippen molar-refractivity contribution in [3.8, 4) is 11.4 Å². The van der Waals surface area contributed by atoms with Gasteiger partial charge in [0.05, 0.1) is 17.2 Å². The van der Waals surface area contributed by atoms with Gasteiger partial charge in [-0.1, -0.05) is 26.0 Å². The van der Waals surface area contributed by atoms with Crippen LogP contribution < -0.4 is 10.9 Å². The number of amides is 1. The number of halogens is 4. The molecule has 4 rings (SSSR count). The molecule has 0 saturated carbocycles. The lowest BCUT2D eigenvalue weighted by atomic mass is 9.91. The first kappa shape index (κ1) is 31.9. The van der Waals surface area contributed by atoms with Gasteiger partial charge < -0.3 is 20.5 Å². The quantitative estimate of drug-likeness (QED) is 0.241. The Kier molecular flexibility index (Phi) is 9.20. The van der Waals surface area contributed by atoms with E-state index >= 15 is 0 Å². The average molecular weight is 592 g/mol. The number of pyridine rings is 1. The van der Waals surface area contributed by atoms with Crippen LogP contribution in [0.1, 0.15) is 66.8 Å². The summed E-state index contributed by atoms with van der Waals surface area (Å²) in [6.07, 6.45) is -1.94. The van der Waals surface area contributed by atoms with E-state index < -0.39 is 35.5 Å². The first-order chi connectivity index (χ1) is 19.4. The van der Waals surface area contributed by atoms with Crippen molar-refractivity contribution >= 4 is 17.4 Å². The molecule has 0 saturated heterocycles. The summed E-state index contributed by atoms with van der Waals surface area (Å²) >= 11 is 0. The molecule has 0 radical (unpaired) electrons. The Labute approximate surface area is 237 Å². The summed E-state index contributed by atoms with van der Waals surface area (Å²) in [6, 6.07) is 8.40. The van der Waals surface area contributed by atoms with E-state index in [1.807, 2.05) is 32.9 Å². The van der Waals surface area contributed by atoms with Crippen molar-refractivity contribution < 1.29 is 37.4 Å². The molecule has 0 aliphatic carbocycles. The fourth-order valence-electron chi connectivity index (χ4n) is 4.15. The number of fused-ring (bicyclic) bond motifs is 1. The molecule has 4 N–H and O–H groups in total. The summed E-state index contributed by atoms with van der Waals surface area (Å²) in [5.74, 6) is -3.49. The number of aromatic nitrogens is 4. The van der Waals surface area contributed by atoms with E-state index in [1.165, 1.54) is 35.0 Å². The molecule has 1 amide bonds. The van der Waals surface area contributed by atoms with Crippen molar-refractivity contribution in [2.45, 2.75) is 58.4 Å². The largest absolute Gasteiger partial charge is 0.490 e. The second-order valence-corrected chi connectivity index (χ2v) is 10.3. The number of hydrogen-bond acceptors (Lipinski definition) is 6. The molecule has 0 aliphatic heterocycles. The number of H-pyrrole nitrogens is 1. The topological polar surface area (TPSA) is 150 Å². The van der Waals surface area contributed by atoms with Crippen LogP contribution in [-0.4, -0.2) is 53.4 Å². The van der Waals surface area contributed by atoms with Gasteiger partial charge in [0.1, 0.15) is 11.3 Å². The van der Waals surface area contributed by atoms with Gasteiger partial charge >= 0.3 is 12.1 Å². The van der Waals surface area contributed by atoms with Crippen LogP contribution in [0.2, 0.25) is 0 Å². The second-order valence-electron chi connectivity index (χ2n) is 10.3. The smallest absolute Gasteiger partial charge is 0.475 e. The van der Waals surface area contributed by atoms with Gasteiger partial charge in [-0.3, -0.25) is 14.6 Å². The number of aromatic amines is 1. The summed E-state index contributed by atoms with van der Waals surface area (Å²) in [5.41, 5.74) is 1.39. The van der Waals surface area contributed by atoms with Crippen LogP contribution in [0.25, 0.3) is 16.9 Å². The van der Waals surface area contributed by atoms with Crippen molar-refractivity contribution in [1.29, 1.82) is 0 Å². The van der Waals surface area contributed by atoms with Gasteiger partial charge in [-0.2, -0.15) is 13.2 Å². The van der Waals surface area contributed by atoms with E-state index in [0.29, 0.717) is 22.5 Å². The highest BCUT2D eigenvalue weighted by atomic mass is 19.4. The highest BCUT2D eigenvalue weighted by Crippen LogP contribution is 2.29. The predicted octanol–water partition coefficient (Wildman–Crippen LogP) is 4.53. The molecule has 14 heteroatoms. The summed E-state index contributed by atoms with van der Waals surface area (Å²) in [4.78, 5) is 42.5. The lowest BCUT2D eigenvalue weighted by Gasteiger charge is -2.30. The first-order valence-electron chi connectivity index (χ1n) is 12.6. The molecular weight excluding hydrogens is 562 g/mol. The molecule has 1 aromatic carbocycles. The zero-order valence-electron chi connectivity index (χ0n) is 23.2. The normalized spacial score (nSPS) is 12.5. The Balaban J connectivity index is 0.000000616. The molecule has 42 heavy (non-hydrogen) atoms. The Morgan fingerprint density at radius 3 is 2.14 bits per heavy atom. The SMILES string of the molecule is Cc1ccc(-c2nn3cc(C(=O)N[C@@H](c4ccc(F)cc4)C(C)(C)O)c(C(C)C)c3c(=O)[nH]2)cn1.O=C(O)C(F)(F)F. The number of alkyl halides is 3. The Bertz CT molecular complexity index is 1640. The number of carbonyl (C=O) groups excluding carboxylic acids is 1. The molecule has 224 valence electrons. The Morgan fingerprint density at radius 1 is 1.07 bits per heavy atom. The fourth-order valence-corrected chi connectivity index (χ4v) is 4.15. The molecule has 0 spiro atoms. The number of carbonyl (C=O) groups is 2. The van der Waals surface area contributed by atoms with Gasteiger partial charge in [-0.15, -0.1) is 5.10 Å². The maximum Gasteiger partial charge on any atom is 0.490 e. The van der Waals surface area contributed by atoms with Crippen LogP contribution in [0.15, 0.2) is 53.6 Å². The zero-order chi connectivity index (χ0) is 31.6. The van der Waals surface area contributed by atoms with Crippen LogP contribution in [0.5, 0.6) is 0 Å². The predicted molar refractivity (Wildman–Crippen MR) is 144 cm³/mol. The Hall–Kier alpha value is -4.59. The molecule has 10 nitrogen and oxygen atoms in total. The third-order valence-electron chi connectivity index (χ3n) is 6.12. The van der Waals surface area contributed by atoms with Crippen molar-refractivity contribution in [1.82, 2.24) is 24.9 Å². The molecule has 1 atom stereocenters. The highest BCUT2D eigenvalue weighted by molar-refractivity contribution is 5.98. The van der Waals surface area contributed by atoms with E-state index in [9.17, 15) is 32.3 Å². The van der Waals surface area contributed by atoms with Crippen LogP contribution >= 0.6 is 0 Å². The minimum atomic E-state index is -5.08. The van der Waals surface area contributed by atoms with Crippen LogP contribution in [-0.2, 0) is 4.79 Å². The van der Waals surface area contributed by atoms with Gasteiger partial charge in [0.15, 0.2) is 5.82 Å². The van der Waals surface area contributed by atoms with Crippen molar-refractivity contribution in [2.75, 3.05) is 0 Å². The number of nitrogens with one attached hydrogen (secondary N) is 2. The van der Waals surface area contributed by atoms with E-state index in [1.54, 1.807) is 20.0 Å². The third kappa shape index (κ3) is 7.37. The lowest BCUT2D eigenvalue weighted by molar-refractivity contribution is -0.192. The van der Waals surface area contributed by atoms with Crippen molar-refractivity contribution in [3.63, 3.8) is 0 Å². The number of hydrogen-bond donors (Lipinski definition) is 4. The van der Waals surface area contributed by atoms with Gasteiger partial charge in [-0.05, 0) is 56.5 Å². The molecule has 4 aromatic rings. The van der Waals surface area contributed by atoms with E-state index in [-0.39, 0.29) is 22.6 Å². The molecule has 0 fully saturated rings. The number of aliphatic hydroxyl groups is 1. The number of aryl methyl sites for hydroxylation is 1. The maximum absolute atomic E-state index is 13.5. The average Bonchev–Trinajstić information content (AvgIpc) is 3.28. The summed E-state index contributed by atoms with van der Waals surface area (Å²) < 4.78 is 46.6. The number of aliphatic carboxylic acids is 1. The van der Waals surface area contributed by atoms with Gasteiger partial charge in [-0.25, -0.2) is 13.7 Å². The van der Waals surface area contributed by atoms with E-state index in [4.69, 9.17) is 9.90 Å². The molecule has 0 unspecified atom stereocenters. The molecule has 3 aromatic heterocycles. The number of carboxylic acid groups (broad SMARTS) is 1. The molecular formula is C28H29F4N5O5. The Morgan fingerprint density at radius 2 is 1.67 bits per heavy atom. The molecule has 3 heterocycles. The number of nitrogens with zero attached hydrogens (tertiary/aromatic N) is 3. The third-order valence-corrected chi connectivity index (χ3v) is 6.12. The van der Waals surface area contributed by atoms with Gasteiger partial charge in [0.25, 0.3) is 11.5 Å². The highest BCUT2D eigenvalue weighted by Gasteiger charge is 2.38. The fraction of sp³-hybridized carbons (Fsp3) is 0.321. The van der Waals surface area contributed by atoms with Crippen LogP contribution in [0.3, 0.4) is 0 Å². The number of rotatable bonds is 6. The molecule has 0 aliphatic rings. The zero-order valence-corrected chi connectivity index (χ0v) is 23.2. The van der Waals surface area contributed by atoms with Gasteiger partial charge in [0, 0.05) is 29.2 Å². The summed E-state index contributed by atoms with van der Waals surface area (Å²) in [5, 5.41) is 25.3.